The first kappa shape index (κ1) is 24.9. The zero-order valence-corrected chi connectivity index (χ0v) is 21.0. The highest BCUT2D eigenvalue weighted by Gasteiger charge is 2.20. The highest BCUT2D eigenvalue weighted by Crippen LogP contribution is 2.32. The van der Waals surface area contributed by atoms with Crippen LogP contribution in [0.4, 0.5) is 11.4 Å². The average Bonchev–Trinajstić information content (AvgIpc) is 3.34. The van der Waals surface area contributed by atoms with Crippen LogP contribution in [-0.4, -0.2) is 42.9 Å². The van der Waals surface area contributed by atoms with E-state index in [1.807, 2.05) is 36.1 Å². The minimum absolute atomic E-state index is 0.234. The van der Waals surface area contributed by atoms with Crippen molar-refractivity contribution in [2.45, 2.75) is 19.8 Å². The summed E-state index contributed by atoms with van der Waals surface area (Å²) in [6.07, 6.45) is 4.51. The first-order valence-electron chi connectivity index (χ1n) is 11.6. The Morgan fingerprint density at radius 1 is 1.00 bits per heavy atom. The number of rotatable bonds is 7. The van der Waals surface area contributed by atoms with Crippen molar-refractivity contribution in [3.63, 3.8) is 0 Å². The molecule has 0 unspecified atom stereocenters. The molecule has 0 bridgehead atoms. The number of furan rings is 1. The standard InChI is InChI=1S/C27H27Cl2N3O3/c1-2-3-27(34)32-16-14-31(15-17-32)21-7-5-20(6-8-21)30-26(33)13-10-22-9-12-25(35-22)23-18-19(28)4-11-24(23)29/h4-13,18H,2-3,14-17H2,1H3,(H,30,33). The molecule has 8 heteroatoms. The van der Waals surface area contributed by atoms with Crippen molar-refractivity contribution in [3.05, 3.63) is 76.5 Å². The molecule has 0 atom stereocenters. The average molecular weight is 512 g/mol. The van der Waals surface area contributed by atoms with Crippen molar-refractivity contribution in [2.24, 2.45) is 0 Å². The molecule has 2 amide bonds. The number of carbonyl (C=O) groups is 2. The Hall–Kier alpha value is -3.22. The van der Waals surface area contributed by atoms with Crippen LogP contribution >= 0.6 is 23.2 Å². The second-order valence-electron chi connectivity index (χ2n) is 8.31. The van der Waals surface area contributed by atoms with Gasteiger partial charge in [-0.1, -0.05) is 30.1 Å². The summed E-state index contributed by atoms with van der Waals surface area (Å²) in [5, 5.41) is 3.95. The summed E-state index contributed by atoms with van der Waals surface area (Å²) in [4.78, 5) is 28.6. The molecule has 3 aromatic rings. The summed E-state index contributed by atoms with van der Waals surface area (Å²) in [6, 6.07) is 16.4. The van der Waals surface area contributed by atoms with E-state index in [1.165, 1.54) is 6.08 Å². The molecule has 1 aromatic heterocycles. The summed E-state index contributed by atoms with van der Waals surface area (Å²) < 4.78 is 5.78. The Morgan fingerprint density at radius 2 is 1.74 bits per heavy atom. The maximum Gasteiger partial charge on any atom is 0.248 e. The van der Waals surface area contributed by atoms with Crippen molar-refractivity contribution in [1.29, 1.82) is 0 Å². The number of piperazine rings is 1. The van der Waals surface area contributed by atoms with E-state index in [9.17, 15) is 9.59 Å². The molecule has 1 aliphatic rings. The fourth-order valence-corrected chi connectivity index (χ4v) is 4.34. The van der Waals surface area contributed by atoms with E-state index >= 15 is 0 Å². The van der Waals surface area contributed by atoms with Crippen LogP contribution < -0.4 is 10.2 Å². The number of halogens is 2. The second-order valence-corrected chi connectivity index (χ2v) is 9.16. The number of hydrogen-bond acceptors (Lipinski definition) is 4. The van der Waals surface area contributed by atoms with E-state index in [1.54, 1.807) is 36.4 Å². The van der Waals surface area contributed by atoms with Crippen molar-refractivity contribution < 1.29 is 14.0 Å². The van der Waals surface area contributed by atoms with Gasteiger partial charge in [-0.05, 0) is 67.1 Å². The van der Waals surface area contributed by atoms with Crippen LogP contribution in [0.15, 0.2) is 65.1 Å². The number of hydrogen-bond donors (Lipinski definition) is 1. The van der Waals surface area contributed by atoms with Crippen LogP contribution in [0.25, 0.3) is 17.4 Å². The summed E-state index contributed by atoms with van der Waals surface area (Å²) in [5.41, 5.74) is 2.47. The Balaban J connectivity index is 1.30. The van der Waals surface area contributed by atoms with Crippen LogP contribution in [0.3, 0.4) is 0 Å². The zero-order chi connectivity index (χ0) is 24.8. The first-order valence-corrected chi connectivity index (χ1v) is 12.4. The molecule has 0 spiro atoms. The molecule has 182 valence electrons. The van der Waals surface area contributed by atoms with Crippen LogP contribution in [0.5, 0.6) is 0 Å². The van der Waals surface area contributed by atoms with Gasteiger partial charge in [0.05, 0.1) is 5.02 Å². The maximum absolute atomic E-state index is 12.4. The smallest absolute Gasteiger partial charge is 0.248 e. The molecular weight excluding hydrogens is 485 g/mol. The largest absolute Gasteiger partial charge is 0.457 e. The minimum atomic E-state index is -0.264. The molecule has 35 heavy (non-hydrogen) atoms. The summed E-state index contributed by atoms with van der Waals surface area (Å²) >= 11 is 12.3. The van der Waals surface area contributed by atoms with E-state index in [0.717, 1.165) is 38.3 Å². The molecule has 1 fully saturated rings. The quantitative estimate of drug-likeness (QED) is 0.375. The lowest BCUT2D eigenvalue weighted by Gasteiger charge is -2.36. The SMILES string of the molecule is CCCC(=O)N1CCN(c2ccc(NC(=O)C=Cc3ccc(-c4cc(Cl)ccc4Cl)o3)cc2)CC1. The van der Waals surface area contributed by atoms with Gasteiger partial charge in [0.2, 0.25) is 11.8 Å². The lowest BCUT2D eigenvalue weighted by Crippen LogP contribution is -2.48. The second kappa shape index (κ2) is 11.5. The molecular formula is C27H27Cl2N3O3. The molecule has 0 saturated carbocycles. The first-order chi connectivity index (χ1) is 16.9. The molecule has 0 aliphatic carbocycles. The third-order valence-corrected chi connectivity index (χ3v) is 6.38. The summed E-state index contributed by atoms with van der Waals surface area (Å²) in [7, 11) is 0. The Bertz CT molecular complexity index is 1210. The molecule has 4 rings (SSSR count). The van der Waals surface area contributed by atoms with Crippen LogP contribution in [0.1, 0.15) is 25.5 Å². The van der Waals surface area contributed by atoms with Crippen LogP contribution in [0.2, 0.25) is 10.0 Å². The number of nitrogens with zero attached hydrogens (tertiary/aromatic N) is 2. The van der Waals surface area contributed by atoms with Gasteiger partial charge in [0.15, 0.2) is 0 Å². The van der Waals surface area contributed by atoms with Crippen molar-refractivity contribution in [1.82, 2.24) is 4.90 Å². The molecule has 0 radical (unpaired) electrons. The monoisotopic (exact) mass is 511 g/mol. The molecule has 1 N–H and O–H groups in total. The van der Waals surface area contributed by atoms with Gasteiger partial charge >= 0.3 is 0 Å². The summed E-state index contributed by atoms with van der Waals surface area (Å²) in [6.45, 7) is 5.10. The van der Waals surface area contributed by atoms with Crippen molar-refractivity contribution in [3.8, 4) is 11.3 Å². The predicted octanol–water partition coefficient (Wildman–Crippen LogP) is 6.35. The van der Waals surface area contributed by atoms with E-state index in [-0.39, 0.29) is 11.8 Å². The fraction of sp³-hybridized carbons (Fsp3) is 0.259. The number of benzene rings is 2. The number of nitrogens with one attached hydrogen (secondary N) is 1. The molecule has 6 nitrogen and oxygen atoms in total. The normalized spacial score (nSPS) is 13.9. The van der Waals surface area contributed by atoms with Gasteiger partial charge in [-0.25, -0.2) is 0 Å². The van der Waals surface area contributed by atoms with Gasteiger partial charge < -0.3 is 19.5 Å². The Labute approximate surface area is 215 Å². The lowest BCUT2D eigenvalue weighted by molar-refractivity contribution is -0.131. The van der Waals surface area contributed by atoms with Gasteiger partial charge in [-0.15, -0.1) is 0 Å². The summed E-state index contributed by atoms with van der Waals surface area (Å²) in [5.74, 6) is 1.07. The highest BCUT2D eigenvalue weighted by atomic mass is 35.5. The maximum atomic E-state index is 12.4. The topological polar surface area (TPSA) is 65.8 Å². The lowest BCUT2D eigenvalue weighted by atomic mass is 10.2. The number of carbonyl (C=O) groups excluding carboxylic acids is 2. The number of anilines is 2. The fourth-order valence-electron chi connectivity index (χ4n) is 3.96. The molecule has 2 heterocycles. The minimum Gasteiger partial charge on any atom is -0.457 e. The van der Waals surface area contributed by atoms with Gasteiger partial charge in [0, 0.05) is 60.6 Å². The van der Waals surface area contributed by atoms with Gasteiger partial charge in [-0.2, -0.15) is 0 Å². The Kier molecular flexibility index (Phi) is 8.16. The van der Waals surface area contributed by atoms with Crippen molar-refractivity contribution in [2.75, 3.05) is 36.4 Å². The van der Waals surface area contributed by atoms with Gasteiger partial charge in [0.1, 0.15) is 11.5 Å². The van der Waals surface area contributed by atoms with Crippen LogP contribution in [0, 0.1) is 0 Å². The molecule has 1 saturated heterocycles. The molecule has 1 aliphatic heterocycles. The van der Waals surface area contributed by atoms with E-state index in [2.05, 4.69) is 10.2 Å². The third kappa shape index (κ3) is 6.47. The van der Waals surface area contributed by atoms with E-state index < -0.39 is 0 Å². The third-order valence-electron chi connectivity index (χ3n) is 5.82. The zero-order valence-electron chi connectivity index (χ0n) is 19.5. The van der Waals surface area contributed by atoms with Crippen molar-refractivity contribution >= 4 is 52.5 Å². The van der Waals surface area contributed by atoms with E-state index in [0.29, 0.717) is 39.2 Å². The van der Waals surface area contributed by atoms with Gasteiger partial charge in [0.25, 0.3) is 0 Å². The predicted molar refractivity (Wildman–Crippen MR) is 142 cm³/mol. The van der Waals surface area contributed by atoms with E-state index in [4.69, 9.17) is 27.6 Å². The number of amides is 2. The molecule has 2 aromatic carbocycles. The Morgan fingerprint density at radius 3 is 2.46 bits per heavy atom. The van der Waals surface area contributed by atoms with Crippen LogP contribution in [-0.2, 0) is 9.59 Å². The van der Waals surface area contributed by atoms with Gasteiger partial charge in [-0.3, -0.25) is 9.59 Å². The highest BCUT2D eigenvalue weighted by molar-refractivity contribution is 6.35.